The second-order valence-electron chi connectivity index (χ2n) is 6.75. The van der Waals surface area contributed by atoms with Crippen LogP contribution in [0.2, 0.25) is 0 Å². The topological polar surface area (TPSA) is 35.8 Å². The summed E-state index contributed by atoms with van der Waals surface area (Å²) in [4.78, 5) is 0. The fourth-order valence-electron chi connectivity index (χ4n) is 3.71. The van der Waals surface area contributed by atoms with Gasteiger partial charge in [-0.25, -0.2) is 0 Å². The summed E-state index contributed by atoms with van der Waals surface area (Å²) in [6, 6.07) is 39.8. The summed E-state index contributed by atoms with van der Waals surface area (Å²) < 4.78 is 0.885. The van der Waals surface area contributed by atoms with Crippen LogP contribution in [0.1, 0.15) is 5.56 Å². The molecule has 0 aliphatic carbocycles. The van der Waals surface area contributed by atoms with Gasteiger partial charge in [0.25, 0.3) is 0 Å². The number of para-hydroxylation sites is 1. The van der Waals surface area contributed by atoms with Gasteiger partial charge in [0.05, 0.1) is 0 Å². The molecular formula is C25H20BrN2P. The van der Waals surface area contributed by atoms with E-state index in [0.717, 1.165) is 10.2 Å². The minimum absolute atomic E-state index is 0.624. The van der Waals surface area contributed by atoms with E-state index in [1.165, 1.54) is 15.9 Å². The van der Waals surface area contributed by atoms with Gasteiger partial charge in [-0.1, -0.05) is 0 Å². The Kier molecular flexibility index (Phi) is 5.76. The molecule has 0 saturated heterocycles. The number of benzene rings is 4. The molecule has 0 aliphatic heterocycles. The van der Waals surface area contributed by atoms with E-state index < -0.39 is 7.41 Å². The van der Waals surface area contributed by atoms with E-state index in [1.54, 1.807) is 0 Å². The van der Waals surface area contributed by atoms with Crippen molar-refractivity contribution in [2.45, 2.75) is 0 Å². The first kappa shape index (κ1) is 19.4. The zero-order valence-electron chi connectivity index (χ0n) is 15.7. The molecule has 142 valence electrons. The first-order chi connectivity index (χ1) is 14.3. The third-order valence-corrected chi connectivity index (χ3v) is 9.95. The van der Waals surface area contributed by atoms with Gasteiger partial charge >= 0.3 is 181 Å². The molecule has 29 heavy (non-hydrogen) atoms. The van der Waals surface area contributed by atoms with Crippen molar-refractivity contribution in [3.63, 3.8) is 0 Å². The van der Waals surface area contributed by atoms with E-state index in [2.05, 4.69) is 99.9 Å². The molecule has 0 amide bonds. The van der Waals surface area contributed by atoms with Gasteiger partial charge in [0.1, 0.15) is 0 Å². The van der Waals surface area contributed by atoms with Crippen molar-refractivity contribution < 1.29 is 0 Å². The molecule has 4 aromatic carbocycles. The Balaban J connectivity index is 2.06. The van der Waals surface area contributed by atoms with Crippen LogP contribution in [0.25, 0.3) is 0 Å². The molecule has 4 heteroatoms. The molecule has 0 atom stereocenters. The number of hydrogen-bond donors (Lipinski definition) is 1. The van der Waals surface area contributed by atoms with E-state index in [4.69, 9.17) is 0 Å². The number of anilines is 1. The molecule has 4 rings (SSSR count). The van der Waals surface area contributed by atoms with Crippen molar-refractivity contribution in [2.24, 2.45) is 0 Å². The van der Waals surface area contributed by atoms with Gasteiger partial charge in [0.2, 0.25) is 0 Å². The van der Waals surface area contributed by atoms with Gasteiger partial charge in [-0.05, 0) is 0 Å². The van der Waals surface area contributed by atoms with Crippen LogP contribution >= 0.6 is 23.3 Å². The SMILES string of the molecule is N#Cc1cccc(Br)c1N[PH](c1ccccc1)(c1ccccc1)c1ccccc1. The summed E-state index contributed by atoms with van der Waals surface area (Å²) in [5.41, 5.74) is 1.46. The van der Waals surface area contributed by atoms with Gasteiger partial charge in [0.15, 0.2) is 0 Å². The zero-order valence-corrected chi connectivity index (χ0v) is 18.3. The van der Waals surface area contributed by atoms with E-state index in [9.17, 15) is 5.26 Å². The van der Waals surface area contributed by atoms with Crippen LogP contribution in [-0.2, 0) is 0 Å². The Labute approximate surface area is 180 Å². The van der Waals surface area contributed by atoms with Crippen LogP contribution in [-0.4, -0.2) is 0 Å². The zero-order chi connectivity index (χ0) is 20.1. The molecule has 0 spiro atoms. The maximum absolute atomic E-state index is 9.76. The average Bonchev–Trinajstić information content (AvgIpc) is 2.80. The van der Waals surface area contributed by atoms with Crippen LogP contribution in [0.3, 0.4) is 0 Å². The van der Waals surface area contributed by atoms with Crippen LogP contribution < -0.4 is 21.0 Å². The average molecular weight is 459 g/mol. The Bertz CT molecular complexity index is 1040. The molecule has 0 aromatic heterocycles. The molecule has 0 unspecified atom stereocenters. The fourth-order valence-corrected chi connectivity index (χ4v) is 8.52. The van der Waals surface area contributed by atoms with Gasteiger partial charge in [-0.2, -0.15) is 0 Å². The predicted molar refractivity (Wildman–Crippen MR) is 129 cm³/mol. The Morgan fingerprint density at radius 3 is 1.48 bits per heavy atom. The van der Waals surface area contributed by atoms with E-state index in [-0.39, 0.29) is 0 Å². The molecule has 1 N–H and O–H groups in total. The number of nitriles is 1. The third kappa shape index (κ3) is 3.70. The quantitative estimate of drug-likeness (QED) is 0.407. The van der Waals surface area contributed by atoms with Crippen LogP contribution in [0.4, 0.5) is 5.69 Å². The molecule has 0 radical (unpaired) electrons. The summed E-state index contributed by atoms with van der Waals surface area (Å²) >= 11 is 3.67. The maximum atomic E-state index is 9.76. The standard InChI is InChI=1S/C25H20BrN2P/c26-24-18-10-11-20(19-27)25(24)28-29(21-12-4-1-5-13-21,22-14-6-2-7-15-22)23-16-8-3-9-17-23/h1-18,28-29H. The Hall–Kier alpha value is -2.92. The third-order valence-electron chi connectivity index (χ3n) is 5.07. The van der Waals surface area contributed by atoms with Gasteiger partial charge < -0.3 is 0 Å². The van der Waals surface area contributed by atoms with Crippen LogP contribution in [0.5, 0.6) is 0 Å². The fraction of sp³-hybridized carbons (Fsp3) is 0. The van der Waals surface area contributed by atoms with E-state index in [1.807, 2.05) is 36.4 Å². The number of halogens is 1. The van der Waals surface area contributed by atoms with Crippen molar-refractivity contribution in [2.75, 3.05) is 5.09 Å². The number of rotatable bonds is 5. The molecule has 0 aliphatic rings. The Morgan fingerprint density at radius 2 is 1.07 bits per heavy atom. The summed E-state index contributed by atoms with van der Waals surface area (Å²) in [5.74, 6) is 0. The molecule has 2 nitrogen and oxygen atoms in total. The summed E-state index contributed by atoms with van der Waals surface area (Å²) in [5, 5.41) is 17.4. The summed E-state index contributed by atoms with van der Waals surface area (Å²) in [7, 11) is -2.67. The predicted octanol–water partition coefficient (Wildman–Crippen LogP) is 5.37. The van der Waals surface area contributed by atoms with E-state index in [0.29, 0.717) is 5.56 Å². The summed E-state index contributed by atoms with van der Waals surface area (Å²) in [6.07, 6.45) is 0. The van der Waals surface area contributed by atoms with Gasteiger partial charge in [-0.3, -0.25) is 0 Å². The van der Waals surface area contributed by atoms with Crippen molar-refractivity contribution >= 4 is 44.9 Å². The van der Waals surface area contributed by atoms with Crippen molar-refractivity contribution in [1.29, 1.82) is 5.26 Å². The van der Waals surface area contributed by atoms with Crippen LogP contribution in [0, 0.1) is 11.3 Å². The van der Waals surface area contributed by atoms with Crippen LogP contribution in [0.15, 0.2) is 114 Å². The molecule has 0 fully saturated rings. The van der Waals surface area contributed by atoms with Gasteiger partial charge in [0, 0.05) is 0 Å². The first-order valence-electron chi connectivity index (χ1n) is 9.39. The molecule has 4 aromatic rings. The summed E-state index contributed by atoms with van der Waals surface area (Å²) in [6.45, 7) is 0. The Morgan fingerprint density at radius 1 is 0.621 bits per heavy atom. The molecule has 0 saturated carbocycles. The first-order valence-corrected chi connectivity index (χ1v) is 12.2. The van der Waals surface area contributed by atoms with Gasteiger partial charge in [-0.15, -0.1) is 0 Å². The minimum atomic E-state index is -2.67. The van der Waals surface area contributed by atoms with Crippen molar-refractivity contribution in [3.8, 4) is 6.07 Å². The second-order valence-corrected chi connectivity index (χ2v) is 11.1. The molecular weight excluding hydrogens is 439 g/mol. The van der Waals surface area contributed by atoms with Crippen molar-refractivity contribution in [3.05, 3.63) is 119 Å². The normalized spacial score (nSPS) is 11.4. The number of hydrogen-bond acceptors (Lipinski definition) is 2. The van der Waals surface area contributed by atoms with Crippen molar-refractivity contribution in [1.82, 2.24) is 0 Å². The molecule has 0 heterocycles. The second kappa shape index (κ2) is 8.62. The number of nitrogens with one attached hydrogen (secondary N) is 1. The molecule has 0 bridgehead atoms. The van der Waals surface area contributed by atoms with E-state index >= 15 is 0 Å². The monoisotopic (exact) mass is 458 g/mol. The number of nitrogens with zero attached hydrogens (tertiary/aromatic N) is 1.